The standard InChI is InChI=1S/C17H18N6O2S2/c1-10(24)20-7-11-4-5-14(26-8-12-3-2-6-25-12)22-15(11)13-9-27-17(21-13)23-16(18)19/h2-6,9H,7-8H2,1H3,(H,20,24)(H4,18,19,21,23). The number of hydrogen-bond acceptors (Lipinski definition) is 7. The third-order valence-corrected chi connectivity index (χ3v) is 5.07. The van der Waals surface area contributed by atoms with Gasteiger partial charge in [-0.25, -0.2) is 9.97 Å². The Morgan fingerprint density at radius 1 is 1.33 bits per heavy atom. The molecule has 5 N–H and O–H groups in total. The Morgan fingerprint density at radius 2 is 2.19 bits per heavy atom. The zero-order valence-corrected chi connectivity index (χ0v) is 16.1. The lowest BCUT2D eigenvalue weighted by atomic mass is 10.1. The number of aliphatic imine (C=N–C) groups is 1. The van der Waals surface area contributed by atoms with Gasteiger partial charge in [-0.15, -0.1) is 11.3 Å². The smallest absolute Gasteiger partial charge is 0.217 e. The van der Waals surface area contributed by atoms with Crippen molar-refractivity contribution in [1.82, 2.24) is 15.3 Å². The molecule has 10 heteroatoms. The molecular weight excluding hydrogens is 384 g/mol. The number of carbonyl (C=O) groups is 1. The number of amides is 1. The molecule has 0 aliphatic carbocycles. The zero-order chi connectivity index (χ0) is 19.2. The fraction of sp³-hybridized carbons (Fsp3) is 0.176. The van der Waals surface area contributed by atoms with Crippen LogP contribution < -0.4 is 16.8 Å². The molecule has 3 heterocycles. The summed E-state index contributed by atoms with van der Waals surface area (Å²) >= 11 is 2.87. The van der Waals surface area contributed by atoms with E-state index in [2.05, 4.69) is 15.3 Å². The van der Waals surface area contributed by atoms with Crippen LogP contribution in [0.25, 0.3) is 11.4 Å². The van der Waals surface area contributed by atoms with Crippen LogP contribution in [0.4, 0.5) is 5.13 Å². The first-order valence-corrected chi connectivity index (χ1v) is 9.83. The molecule has 0 radical (unpaired) electrons. The van der Waals surface area contributed by atoms with Crippen LogP contribution in [0.15, 0.2) is 50.3 Å². The monoisotopic (exact) mass is 402 g/mol. The maximum absolute atomic E-state index is 11.3. The number of aromatic nitrogens is 2. The van der Waals surface area contributed by atoms with Gasteiger partial charge in [-0.05, 0) is 23.8 Å². The summed E-state index contributed by atoms with van der Waals surface area (Å²) in [4.78, 5) is 24.4. The molecule has 0 spiro atoms. The number of thiazole rings is 1. The van der Waals surface area contributed by atoms with E-state index in [0.29, 0.717) is 28.8 Å². The molecule has 3 aromatic heterocycles. The van der Waals surface area contributed by atoms with Crippen LogP contribution in [0.3, 0.4) is 0 Å². The van der Waals surface area contributed by atoms with E-state index in [-0.39, 0.29) is 11.9 Å². The molecule has 140 valence electrons. The van der Waals surface area contributed by atoms with Crippen LogP contribution >= 0.6 is 23.1 Å². The van der Waals surface area contributed by atoms with Crippen molar-refractivity contribution in [3.63, 3.8) is 0 Å². The first kappa shape index (κ1) is 18.9. The van der Waals surface area contributed by atoms with Gasteiger partial charge >= 0.3 is 0 Å². The highest BCUT2D eigenvalue weighted by Crippen LogP contribution is 2.30. The summed E-state index contributed by atoms with van der Waals surface area (Å²) in [6.07, 6.45) is 1.64. The van der Waals surface area contributed by atoms with E-state index >= 15 is 0 Å². The lowest BCUT2D eigenvalue weighted by molar-refractivity contribution is -0.119. The molecule has 27 heavy (non-hydrogen) atoms. The Labute approximate surface area is 164 Å². The molecule has 0 unspecified atom stereocenters. The van der Waals surface area contributed by atoms with E-state index in [4.69, 9.17) is 20.9 Å². The number of carbonyl (C=O) groups excluding carboxylic acids is 1. The Morgan fingerprint density at radius 3 is 2.89 bits per heavy atom. The van der Waals surface area contributed by atoms with Gasteiger partial charge in [0.25, 0.3) is 0 Å². The number of pyridine rings is 1. The maximum Gasteiger partial charge on any atom is 0.217 e. The van der Waals surface area contributed by atoms with Crippen LogP contribution in [-0.2, 0) is 17.1 Å². The minimum atomic E-state index is -0.114. The Kier molecular flexibility index (Phi) is 6.09. The molecule has 0 aromatic carbocycles. The summed E-state index contributed by atoms with van der Waals surface area (Å²) in [6.45, 7) is 1.83. The van der Waals surface area contributed by atoms with Crippen LogP contribution in [0.1, 0.15) is 18.2 Å². The number of thioether (sulfide) groups is 1. The van der Waals surface area contributed by atoms with Crippen molar-refractivity contribution < 1.29 is 9.21 Å². The van der Waals surface area contributed by atoms with Crippen molar-refractivity contribution >= 4 is 40.1 Å². The van der Waals surface area contributed by atoms with Gasteiger partial charge in [0.05, 0.1) is 22.7 Å². The van der Waals surface area contributed by atoms with E-state index in [1.807, 2.05) is 29.6 Å². The van der Waals surface area contributed by atoms with E-state index in [9.17, 15) is 4.79 Å². The summed E-state index contributed by atoms with van der Waals surface area (Å²) in [7, 11) is 0. The molecule has 0 aliphatic rings. The largest absolute Gasteiger partial charge is 0.468 e. The SMILES string of the molecule is CC(=O)NCc1ccc(SCc2ccco2)nc1-c1csc(N=C(N)N)n1. The summed E-state index contributed by atoms with van der Waals surface area (Å²) in [5, 5.41) is 5.90. The molecular formula is C17H18N6O2S2. The van der Waals surface area contributed by atoms with E-state index in [1.165, 1.54) is 18.3 Å². The highest BCUT2D eigenvalue weighted by Gasteiger charge is 2.13. The highest BCUT2D eigenvalue weighted by atomic mass is 32.2. The van der Waals surface area contributed by atoms with Crippen molar-refractivity contribution in [3.05, 3.63) is 47.2 Å². The van der Waals surface area contributed by atoms with Gasteiger partial charge in [-0.1, -0.05) is 17.8 Å². The minimum Gasteiger partial charge on any atom is -0.468 e. The quantitative estimate of drug-likeness (QED) is 0.314. The minimum absolute atomic E-state index is 0.0508. The number of hydrogen-bond donors (Lipinski definition) is 3. The number of furan rings is 1. The van der Waals surface area contributed by atoms with Crippen LogP contribution in [0.5, 0.6) is 0 Å². The predicted octanol–water partition coefficient (Wildman–Crippen LogP) is 2.63. The lowest BCUT2D eigenvalue weighted by Gasteiger charge is -2.09. The topological polar surface area (TPSA) is 132 Å². The third-order valence-electron chi connectivity index (χ3n) is 3.38. The van der Waals surface area contributed by atoms with Crippen molar-refractivity contribution in [3.8, 4) is 11.4 Å². The molecule has 0 fully saturated rings. The lowest BCUT2D eigenvalue weighted by Crippen LogP contribution is -2.21. The van der Waals surface area contributed by atoms with Crippen molar-refractivity contribution in [1.29, 1.82) is 0 Å². The number of nitrogens with two attached hydrogens (primary N) is 2. The second-order valence-corrected chi connectivity index (χ2v) is 7.32. The number of nitrogens with zero attached hydrogens (tertiary/aromatic N) is 3. The summed E-state index contributed by atoms with van der Waals surface area (Å²) < 4.78 is 5.35. The summed E-state index contributed by atoms with van der Waals surface area (Å²) in [5.74, 6) is 1.37. The van der Waals surface area contributed by atoms with Crippen LogP contribution in [0.2, 0.25) is 0 Å². The summed E-state index contributed by atoms with van der Waals surface area (Å²) in [6, 6.07) is 7.62. The van der Waals surface area contributed by atoms with Gasteiger partial charge in [-0.2, -0.15) is 4.99 Å². The van der Waals surface area contributed by atoms with Crippen LogP contribution in [0, 0.1) is 0 Å². The van der Waals surface area contributed by atoms with Gasteiger partial charge in [0.15, 0.2) is 5.96 Å². The molecule has 0 aliphatic heterocycles. The molecule has 0 atom stereocenters. The molecule has 0 saturated heterocycles. The first-order valence-electron chi connectivity index (χ1n) is 7.96. The average Bonchev–Trinajstić information content (AvgIpc) is 3.29. The van der Waals surface area contributed by atoms with Gasteiger partial charge < -0.3 is 21.2 Å². The normalized spacial score (nSPS) is 10.6. The second-order valence-electron chi connectivity index (χ2n) is 5.49. The van der Waals surface area contributed by atoms with Crippen molar-refractivity contribution in [2.24, 2.45) is 16.5 Å². The summed E-state index contributed by atoms with van der Waals surface area (Å²) in [5.41, 5.74) is 13.0. The van der Waals surface area contributed by atoms with Gasteiger partial charge in [-0.3, -0.25) is 4.79 Å². The Bertz CT molecular complexity index is 948. The highest BCUT2D eigenvalue weighted by molar-refractivity contribution is 7.98. The maximum atomic E-state index is 11.3. The molecule has 1 amide bonds. The molecule has 0 saturated carbocycles. The van der Waals surface area contributed by atoms with Crippen LogP contribution in [-0.4, -0.2) is 21.8 Å². The van der Waals surface area contributed by atoms with E-state index in [1.54, 1.807) is 18.0 Å². The first-order chi connectivity index (χ1) is 13.0. The molecule has 3 rings (SSSR count). The third kappa shape index (κ3) is 5.31. The Balaban J connectivity index is 1.88. The number of nitrogens with one attached hydrogen (secondary N) is 1. The predicted molar refractivity (Wildman–Crippen MR) is 107 cm³/mol. The molecule has 8 nitrogen and oxygen atoms in total. The zero-order valence-electron chi connectivity index (χ0n) is 14.5. The number of rotatable bonds is 7. The Hall–Kier alpha value is -2.85. The molecule has 0 bridgehead atoms. The van der Waals surface area contributed by atoms with Gasteiger partial charge in [0.2, 0.25) is 11.0 Å². The van der Waals surface area contributed by atoms with E-state index in [0.717, 1.165) is 16.3 Å². The molecule has 3 aromatic rings. The average molecular weight is 403 g/mol. The number of guanidine groups is 1. The fourth-order valence-corrected chi connectivity index (χ4v) is 3.67. The second kappa shape index (κ2) is 8.69. The van der Waals surface area contributed by atoms with Gasteiger partial charge in [0, 0.05) is 18.8 Å². The van der Waals surface area contributed by atoms with Crippen molar-refractivity contribution in [2.45, 2.75) is 24.2 Å². The van der Waals surface area contributed by atoms with E-state index < -0.39 is 0 Å². The van der Waals surface area contributed by atoms with Crippen molar-refractivity contribution in [2.75, 3.05) is 0 Å². The van der Waals surface area contributed by atoms with Gasteiger partial charge in [0.1, 0.15) is 11.5 Å². The fourth-order valence-electron chi connectivity index (χ4n) is 2.21.